The molecule has 1 amide bonds. The number of allylic oxidation sites excluding steroid dienone is 20. The minimum absolute atomic E-state index is 0.0802. The van der Waals surface area contributed by atoms with Crippen molar-refractivity contribution in [3.05, 3.63) is 122 Å². The van der Waals surface area contributed by atoms with Crippen LogP contribution in [0.2, 0.25) is 0 Å². The smallest absolute Gasteiger partial charge is 0.472 e. The summed E-state index contributed by atoms with van der Waals surface area (Å²) < 4.78 is 26.7. The molecular formula is C46H70NO10P. The van der Waals surface area contributed by atoms with Crippen LogP contribution < -0.4 is 5.32 Å². The van der Waals surface area contributed by atoms with Crippen LogP contribution in [0.4, 0.5) is 0 Å². The van der Waals surface area contributed by atoms with E-state index in [4.69, 9.17) is 13.8 Å². The number of aliphatic hydroxyl groups is 1. The Bertz CT molecular complexity index is 1440. The number of aliphatic carboxylic acids is 1. The summed E-state index contributed by atoms with van der Waals surface area (Å²) in [5.74, 6) is -2.55. The third-order valence-corrected chi connectivity index (χ3v) is 8.71. The predicted octanol–water partition coefficient (Wildman–Crippen LogP) is 10.4. The van der Waals surface area contributed by atoms with Gasteiger partial charge in [-0.2, -0.15) is 0 Å². The van der Waals surface area contributed by atoms with Crippen molar-refractivity contribution < 1.29 is 47.8 Å². The molecule has 0 fully saturated rings. The Kier molecular flexibility index (Phi) is 36.9. The average Bonchev–Trinajstić information content (AvgIpc) is 3.20. The highest BCUT2D eigenvalue weighted by molar-refractivity contribution is 7.47. The van der Waals surface area contributed by atoms with Crippen molar-refractivity contribution in [3.63, 3.8) is 0 Å². The van der Waals surface area contributed by atoms with E-state index in [0.29, 0.717) is 12.8 Å². The SMILES string of the molecule is CC/C=C\C/C=C\C/C=C\C/C=C\C/C=C\C/C=C\CCC(=O)OCC(O)COP(=O)(O)OCC(NC(=O)CCCC/C=C\C/C=C\C/C=C\C/C=C\CC)C(=O)O. The van der Waals surface area contributed by atoms with Gasteiger partial charge in [-0.15, -0.1) is 0 Å². The van der Waals surface area contributed by atoms with E-state index < -0.39 is 57.6 Å². The minimum atomic E-state index is -4.79. The van der Waals surface area contributed by atoms with Crippen molar-refractivity contribution in [2.24, 2.45) is 0 Å². The first-order valence-corrected chi connectivity index (χ1v) is 22.1. The predicted molar refractivity (Wildman–Crippen MR) is 235 cm³/mol. The third-order valence-electron chi connectivity index (χ3n) is 7.76. The van der Waals surface area contributed by atoms with Gasteiger partial charge in [-0.25, -0.2) is 9.36 Å². The second kappa shape index (κ2) is 39.7. The first kappa shape index (κ1) is 53.9. The normalized spacial score (nSPS) is 15.0. The summed E-state index contributed by atoms with van der Waals surface area (Å²) in [6.45, 7) is 2.22. The molecule has 0 saturated carbocycles. The number of hydrogen-bond donors (Lipinski definition) is 4. The summed E-state index contributed by atoms with van der Waals surface area (Å²) in [4.78, 5) is 45.8. The van der Waals surface area contributed by atoms with Gasteiger partial charge in [-0.3, -0.25) is 18.6 Å². The molecule has 12 heteroatoms. The van der Waals surface area contributed by atoms with Crippen LogP contribution in [0.1, 0.15) is 117 Å². The summed E-state index contributed by atoms with van der Waals surface area (Å²) in [6, 6.07) is -1.59. The van der Waals surface area contributed by atoms with Gasteiger partial charge in [0.05, 0.1) is 13.2 Å². The van der Waals surface area contributed by atoms with Crippen LogP contribution in [-0.2, 0) is 32.7 Å². The molecule has 324 valence electrons. The van der Waals surface area contributed by atoms with Crippen molar-refractivity contribution in [1.29, 1.82) is 0 Å². The molecule has 0 heterocycles. The molecule has 0 rings (SSSR count). The van der Waals surface area contributed by atoms with Crippen LogP contribution in [-0.4, -0.2) is 64.9 Å². The lowest BCUT2D eigenvalue weighted by molar-refractivity contribution is -0.147. The number of phosphoric ester groups is 1. The van der Waals surface area contributed by atoms with E-state index in [9.17, 15) is 34.1 Å². The minimum Gasteiger partial charge on any atom is -0.480 e. The summed E-state index contributed by atoms with van der Waals surface area (Å²) in [7, 11) is -4.79. The molecule has 3 unspecified atom stereocenters. The van der Waals surface area contributed by atoms with Gasteiger partial charge in [0.15, 0.2) is 6.04 Å². The van der Waals surface area contributed by atoms with E-state index >= 15 is 0 Å². The summed E-state index contributed by atoms with van der Waals surface area (Å²) in [6.07, 6.45) is 52.5. The van der Waals surface area contributed by atoms with Crippen LogP contribution in [0, 0.1) is 0 Å². The van der Waals surface area contributed by atoms with Crippen LogP contribution in [0.25, 0.3) is 0 Å². The number of rotatable bonds is 36. The Balaban J connectivity index is 4.11. The number of amides is 1. The number of carboxylic acids is 1. The Morgan fingerprint density at radius 2 is 0.948 bits per heavy atom. The Labute approximate surface area is 348 Å². The van der Waals surface area contributed by atoms with E-state index in [1.165, 1.54) is 0 Å². The van der Waals surface area contributed by atoms with Crippen LogP contribution in [0.15, 0.2) is 122 Å². The Morgan fingerprint density at radius 3 is 1.38 bits per heavy atom. The van der Waals surface area contributed by atoms with Crippen molar-refractivity contribution >= 4 is 25.7 Å². The molecule has 0 aliphatic rings. The molecule has 11 nitrogen and oxygen atoms in total. The topological polar surface area (TPSA) is 169 Å². The number of carbonyl (C=O) groups is 3. The number of unbranched alkanes of at least 4 members (excludes halogenated alkanes) is 2. The fourth-order valence-corrected chi connectivity index (χ4v) is 5.40. The lowest BCUT2D eigenvalue weighted by atomic mass is 10.1. The zero-order chi connectivity index (χ0) is 42.8. The summed E-state index contributed by atoms with van der Waals surface area (Å²) >= 11 is 0. The van der Waals surface area contributed by atoms with Gasteiger partial charge < -0.3 is 25.2 Å². The largest absolute Gasteiger partial charge is 0.480 e. The lowest BCUT2D eigenvalue weighted by Crippen LogP contribution is -2.43. The number of nitrogens with one attached hydrogen (secondary N) is 1. The molecule has 0 aliphatic carbocycles. The van der Waals surface area contributed by atoms with E-state index in [1.54, 1.807) is 0 Å². The molecule has 0 saturated heterocycles. The van der Waals surface area contributed by atoms with E-state index in [0.717, 1.165) is 77.0 Å². The number of esters is 1. The first-order chi connectivity index (χ1) is 28.1. The maximum Gasteiger partial charge on any atom is 0.472 e. The fourth-order valence-electron chi connectivity index (χ4n) is 4.62. The number of carbonyl (C=O) groups excluding carboxylic acids is 2. The van der Waals surface area contributed by atoms with E-state index in [1.807, 2.05) is 24.3 Å². The second-order valence-corrected chi connectivity index (χ2v) is 14.5. The summed E-state index contributed by atoms with van der Waals surface area (Å²) in [5, 5.41) is 21.7. The Morgan fingerprint density at radius 1 is 0.552 bits per heavy atom. The third kappa shape index (κ3) is 38.7. The van der Waals surface area contributed by atoms with Crippen LogP contribution in [0.3, 0.4) is 0 Å². The van der Waals surface area contributed by atoms with Crippen molar-refractivity contribution in [3.8, 4) is 0 Å². The number of phosphoric acid groups is 1. The van der Waals surface area contributed by atoms with Crippen molar-refractivity contribution in [2.75, 3.05) is 19.8 Å². The van der Waals surface area contributed by atoms with Gasteiger partial charge in [-0.05, 0) is 89.9 Å². The van der Waals surface area contributed by atoms with Gasteiger partial charge in [-0.1, -0.05) is 135 Å². The number of aliphatic hydroxyl groups excluding tert-OH is 1. The van der Waals surface area contributed by atoms with Crippen molar-refractivity contribution in [2.45, 2.75) is 129 Å². The quantitative estimate of drug-likeness (QED) is 0.0206. The van der Waals surface area contributed by atoms with E-state index in [2.05, 4.69) is 116 Å². The monoisotopic (exact) mass is 827 g/mol. The molecule has 0 spiro atoms. The highest BCUT2D eigenvalue weighted by Crippen LogP contribution is 2.43. The van der Waals surface area contributed by atoms with Crippen molar-refractivity contribution in [1.82, 2.24) is 5.32 Å². The Hall–Kier alpha value is -4.12. The first-order valence-electron chi connectivity index (χ1n) is 20.6. The molecule has 0 bridgehead atoms. The molecule has 0 radical (unpaired) electrons. The van der Waals surface area contributed by atoms with Gasteiger partial charge >= 0.3 is 19.8 Å². The van der Waals surface area contributed by atoms with Crippen LogP contribution >= 0.6 is 7.82 Å². The van der Waals surface area contributed by atoms with Gasteiger partial charge in [0.1, 0.15) is 12.7 Å². The molecule has 58 heavy (non-hydrogen) atoms. The van der Waals surface area contributed by atoms with Gasteiger partial charge in [0, 0.05) is 12.8 Å². The molecular weight excluding hydrogens is 757 g/mol. The van der Waals surface area contributed by atoms with Gasteiger partial charge in [0.25, 0.3) is 0 Å². The number of carboxylic acid groups (broad SMARTS) is 1. The number of hydrogen-bond acceptors (Lipinski definition) is 8. The standard InChI is InChI=1S/C46H70NO10P/c1-3-5-7-9-11-13-15-17-19-20-21-22-24-26-28-30-32-34-36-38-45(50)55-39-42(48)40-56-58(53,54)57-41-43(46(51)52)47-44(49)37-35-33-31-29-27-25-23-18-16-14-12-10-8-6-4-2/h5-8,11-14,17-19,21-23,26-29,32,34,42-43,48H,3-4,9-10,15-16,20,24-25,30-31,33,35-41H2,1-2H3,(H,47,49)(H,51,52)(H,53,54)/b7-5-,8-6-,13-11-,14-12-,19-17-,22-21-,23-18-,28-26-,29-27-,34-32-. The zero-order valence-electron chi connectivity index (χ0n) is 34.8. The van der Waals surface area contributed by atoms with Gasteiger partial charge in [0.2, 0.25) is 5.91 Å². The molecule has 4 N–H and O–H groups in total. The fraction of sp³-hybridized carbons (Fsp3) is 0.500. The highest BCUT2D eigenvalue weighted by atomic mass is 31.2. The average molecular weight is 828 g/mol. The maximum atomic E-state index is 12.3. The van der Waals surface area contributed by atoms with E-state index in [-0.39, 0.29) is 12.8 Å². The summed E-state index contributed by atoms with van der Waals surface area (Å²) in [5.41, 5.74) is 0. The molecule has 0 aromatic rings. The molecule has 0 aromatic heterocycles. The zero-order valence-corrected chi connectivity index (χ0v) is 35.7. The van der Waals surface area contributed by atoms with Crippen LogP contribution in [0.5, 0.6) is 0 Å². The molecule has 0 aromatic carbocycles. The lowest BCUT2D eigenvalue weighted by Gasteiger charge is -2.18. The molecule has 3 atom stereocenters. The second-order valence-electron chi connectivity index (χ2n) is 13.1. The highest BCUT2D eigenvalue weighted by Gasteiger charge is 2.28. The molecule has 0 aliphatic heterocycles. The number of ether oxygens (including phenoxy) is 1. The maximum absolute atomic E-state index is 12.3.